The third kappa shape index (κ3) is 2.76. The van der Waals surface area contributed by atoms with Crippen molar-refractivity contribution in [3.63, 3.8) is 0 Å². The van der Waals surface area contributed by atoms with Crippen molar-refractivity contribution >= 4 is 17.5 Å². The fourth-order valence-corrected chi connectivity index (χ4v) is 2.35. The lowest BCUT2D eigenvalue weighted by Crippen LogP contribution is -2.26. The molecule has 21 heavy (non-hydrogen) atoms. The Labute approximate surface area is 122 Å². The number of hydrogen-bond donors (Lipinski definition) is 2. The van der Waals surface area contributed by atoms with Gasteiger partial charge in [-0.15, -0.1) is 0 Å². The van der Waals surface area contributed by atoms with E-state index in [0.29, 0.717) is 12.0 Å². The molecular weight excluding hydrogens is 266 g/mol. The van der Waals surface area contributed by atoms with E-state index in [2.05, 4.69) is 15.6 Å². The molecule has 0 bridgehead atoms. The van der Waals surface area contributed by atoms with Crippen LogP contribution in [0.15, 0.2) is 42.7 Å². The fourth-order valence-electron chi connectivity index (χ4n) is 2.35. The summed E-state index contributed by atoms with van der Waals surface area (Å²) in [5.74, 6) is -0.207. The summed E-state index contributed by atoms with van der Waals surface area (Å²) in [7, 11) is 0. The summed E-state index contributed by atoms with van der Waals surface area (Å²) >= 11 is 0. The van der Waals surface area contributed by atoms with Gasteiger partial charge in [-0.25, -0.2) is 0 Å². The predicted octanol–water partition coefficient (Wildman–Crippen LogP) is 2.07. The molecule has 1 aromatic carbocycles. The summed E-state index contributed by atoms with van der Waals surface area (Å²) in [5, 5.41) is 5.67. The zero-order chi connectivity index (χ0) is 14.8. The highest BCUT2D eigenvalue weighted by molar-refractivity contribution is 6.02. The summed E-state index contributed by atoms with van der Waals surface area (Å²) < 4.78 is 0. The van der Waals surface area contributed by atoms with Crippen LogP contribution in [0.2, 0.25) is 0 Å². The predicted molar refractivity (Wildman–Crippen MR) is 78.9 cm³/mol. The number of hydrogen-bond acceptors (Lipinski definition) is 3. The minimum atomic E-state index is -0.171. The highest BCUT2D eigenvalue weighted by Gasteiger charge is 2.19. The van der Waals surface area contributed by atoms with E-state index in [1.807, 2.05) is 25.1 Å². The molecule has 5 nitrogen and oxygen atoms in total. The first kappa shape index (κ1) is 13.3. The Morgan fingerprint density at radius 3 is 3.00 bits per heavy atom. The molecule has 2 amide bonds. The second kappa shape index (κ2) is 5.36. The molecule has 1 atom stereocenters. The third-order valence-corrected chi connectivity index (χ3v) is 3.53. The number of rotatable bonds is 3. The average Bonchev–Trinajstić information content (AvgIpc) is 2.87. The van der Waals surface area contributed by atoms with Crippen molar-refractivity contribution in [3.8, 4) is 0 Å². The summed E-state index contributed by atoms with van der Waals surface area (Å²) in [6.07, 6.45) is 3.80. The van der Waals surface area contributed by atoms with Gasteiger partial charge >= 0.3 is 0 Å². The average molecular weight is 281 g/mol. The topological polar surface area (TPSA) is 71.1 Å². The minimum absolute atomic E-state index is 0.0358. The van der Waals surface area contributed by atoms with E-state index < -0.39 is 0 Å². The molecule has 1 aliphatic rings. The molecule has 0 saturated carbocycles. The minimum Gasteiger partial charge on any atom is -0.345 e. The molecule has 0 spiro atoms. The number of anilines is 1. The molecule has 0 saturated heterocycles. The lowest BCUT2D eigenvalue weighted by atomic mass is 10.1. The van der Waals surface area contributed by atoms with Crippen LogP contribution in [-0.2, 0) is 11.2 Å². The molecule has 0 fully saturated rings. The number of fused-ring (bicyclic) bond motifs is 1. The Morgan fingerprint density at radius 2 is 2.24 bits per heavy atom. The maximum atomic E-state index is 12.3. The Hall–Kier alpha value is -2.69. The van der Waals surface area contributed by atoms with Gasteiger partial charge in [-0.3, -0.25) is 14.6 Å². The quantitative estimate of drug-likeness (QED) is 0.904. The van der Waals surface area contributed by atoms with Crippen LogP contribution < -0.4 is 10.6 Å². The third-order valence-electron chi connectivity index (χ3n) is 3.53. The molecule has 0 radical (unpaired) electrons. The number of nitrogens with one attached hydrogen (secondary N) is 2. The Morgan fingerprint density at radius 1 is 1.38 bits per heavy atom. The van der Waals surface area contributed by atoms with Gasteiger partial charge in [0, 0.05) is 23.6 Å². The number of carbonyl (C=O) groups is 2. The van der Waals surface area contributed by atoms with Crippen LogP contribution in [0.3, 0.4) is 0 Å². The molecule has 2 N–H and O–H groups in total. The van der Waals surface area contributed by atoms with Crippen LogP contribution in [0.4, 0.5) is 5.69 Å². The first-order valence-electron chi connectivity index (χ1n) is 6.77. The number of nitrogens with zero attached hydrogens (tertiary/aromatic N) is 1. The van der Waals surface area contributed by atoms with E-state index in [4.69, 9.17) is 0 Å². The summed E-state index contributed by atoms with van der Waals surface area (Å²) in [5.41, 5.74) is 3.13. The number of aromatic nitrogens is 1. The van der Waals surface area contributed by atoms with Crippen LogP contribution in [0.1, 0.15) is 34.5 Å². The molecule has 1 unspecified atom stereocenters. The van der Waals surface area contributed by atoms with Crippen LogP contribution in [0.25, 0.3) is 0 Å². The molecule has 2 heterocycles. The van der Waals surface area contributed by atoms with E-state index in [-0.39, 0.29) is 17.9 Å². The van der Waals surface area contributed by atoms with Gasteiger partial charge in [0.15, 0.2) is 0 Å². The molecule has 3 rings (SSSR count). The standard InChI is InChI=1S/C16H15N3O2/c1-10(13-3-2-6-17-9-13)18-16(21)12-5-4-11-8-15(20)19-14(11)7-12/h2-7,9-10H,8H2,1H3,(H,18,21)(H,19,20). The Balaban J connectivity index is 1.74. The Kier molecular flexibility index (Phi) is 3.39. The fraction of sp³-hybridized carbons (Fsp3) is 0.188. The number of amides is 2. The lowest BCUT2D eigenvalue weighted by molar-refractivity contribution is -0.115. The second-order valence-corrected chi connectivity index (χ2v) is 5.08. The largest absolute Gasteiger partial charge is 0.345 e. The summed E-state index contributed by atoms with van der Waals surface area (Å²) in [4.78, 5) is 27.6. The van der Waals surface area contributed by atoms with Gasteiger partial charge in [0.1, 0.15) is 0 Å². The highest BCUT2D eigenvalue weighted by Crippen LogP contribution is 2.24. The second-order valence-electron chi connectivity index (χ2n) is 5.08. The van der Waals surface area contributed by atoms with E-state index in [1.165, 1.54) is 0 Å². The van der Waals surface area contributed by atoms with E-state index in [1.54, 1.807) is 24.5 Å². The molecule has 1 aromatic heterocycles. The maximum Gasteiger partial charge on any atom is 0.251 e. The van der Waals surface area contributed by atoms with Gasteiger partial charge in [0.25, 0.3) is 5.91 Å². The number of pyridine rings is 1. The van der Waals surface area contributed by atoms with Crippen LogP contribution in [0, 0.1) is 0 Å². The van der Waals surface area contributed by atoms with Crippen molar-refractivity contribution in [3.05, 3.63) is 59.4 Å². The first-order chi connectivity index (χ1) is 10.1. The van der Waals surface area contributed by atoms with Gasteiger partial charge in [0.05, 0.1) is 12.5 Å². The number of carbonyl (C=O) groups excluding carboxylic acids is 2. The van der Waals surface area contributed by atoms with Crippen molar-refractivity contribution in [2.45, 2.75) is 19.4 Å². The van der Waals surface area contributed by atoms with Crippen LogP contribution in [0.5, 0.6) is 0 Å². The van der Waals surface area contributed by atoms with Crippen molar-refractivity contribution in [1.29, 1.82) is 0 Å². The first-order valence-corrected chi connectivity index (χ1v) is 6.77. The van der Waals surface area contributed by atoms with E-state index in [0.717, 1.165) is 16.8 Å². The van der Waals surface area contributed by atoms with Gasteiger partial charge in [-0.2, -0.15) is 0 Å². The van der Waals surface area contributed by atoms with Gasteiger partial charge in [-0.1, -0.05) is 12.1 Å². The van der Waals surface area contributed by atoms with Crippen molar-refractivity contribution < 1.29 is 9.59 Å². The van der Waals surface area contributed by atoms with Gasteiger partial charge in [-0.05, 0) is 36.2 Å². The molecule has 5 heteroatoms. The molecular formula is C16H15N3O2. The maximum absolute atomic E-state index is 12.3. The number of benzene rings is 1. The molecule has 0 aliphatic carbocycles. The molecule has 1 aliphatic heterocycles. The zero-order valence-corrected chi connectivity index (χ0v) is 11.6. The summed E-state index contributed by atoms with van der Waals surface area (Å²) in [6, 6.07) is 8.89. The molecule has 2 aromatic rings. The van der Waals surface area contributed by atoms with E-state index >= 15 is 0 Å². The van der Waals surface area contributed by atoms with Crippen molar-refractivity contribution in [1.82, 2.24) is 10.3 Å². The normalized spacial score (nSPS) is 14.2. The lowest BCUT2D eigenvalue weighted by Gasteiger charge is -2.14. The highest BCUT2D eigenvalue weighted by atomic mass is 16.2. The van der Waals surface area contributed by atoms with Crippen LogP contribution >= 0.6 is 0 Å². The van der Waals surface area contributed by atoms with Gasteiger partial charge < -0.3 is 10.6 Å². The smallest absolute Gasteiger partial charge is 0.251 e. The zero-order valence-electron chi connectivity index (χ0n) is 11.6. The van der Waals surface area contributed by atoms with Crippen molar-refractivity contribution in [2.75, 3.05) is 5.32 Å². The van der Waals surface area contributed by atoms with Crippen LogP contribution in [-0.4, -0.2) is 16.8 Å². The van der Waals surface area contributed by atoms with Gasteiger partial charge in [0.2, 0.25) is 5.91 Å². The Bertz CT molecular complexity index is 698. The van der Waals surface area contributed by atoms with E-state index in [9.17, 15) is 9.59 Å². The summed E-state index contributed by atoms with van der Waals surface area (Å²) in [6.45, 7) is 1.91. The monoisotopic (exact) mass is 281 g/mol. The SMILES string of the molecule is CC(NC(=O)c1ccc2c(c1)NC(=O)C2)c1cccnc1. The van der Waals surface area contributed by atoms with Crippen molar-refractivity contribution in [2.24, 2.45) is 0 Å². The molecule has 106 valence electrons.